The summed E-state index contributed by atoms with van der Waals surface area (Å²) in [6.45, 7) is 1.31. The Morgan fingerprint density at radius 1 is 1.04 bits per heavy atom. The molecule has 0 aromatic heterocycles. The maximum Gasteiger partial charge on any atom is 0.315 e. The Morgan fingerprint density at radius 2 is 1.88 bits per heavy atom. The van der Waals surface area contributed by atoms with Crippen LogP contribution in [0.5, 0.6) is 5.75 Å². The fraction of sp³-hybridized carbons (Fsp3) is 0.350. The number of carbonyl (C=O) groups excluding carboxylic acids is 1. The van der Waals surface area contributed by atoms with Gasteiger partial charge in [-0.3, -0.25) is 0 Å². The van der Waals surface area contributed by atoms with Crippen molar-refractivity contribution in [3.05, 3.63) is 64.2 Å². The second-order valence-electron chi connectivity index (χ2n) is 6.15. The van der Waals surface area contributed by atoms with Crippen LogP contribution in [0.4, 0.5) is 4.79 Å². The van der Waals surface area contributed by atoms with Crippen LogP contribution < -0.4 is 15.4 Å². The third kappa shape index (κ3) is 4.89. The van der Waals surface area contributed by atoms with Crippen LogP contribution in [0, 0.1) is 0 Å². The van der Waals surface area contributed by atoms with E-state index in [2.05, 4.69) is 16.7 Å². The summed E-state index contributed by atoms with van der Waals surface area (Å²) >= 11 is 6.07. The van der Waals surface area contributed by atoms with Crippen LogP contribution in [-0.2, 0) is 19.4 Å². The summed E-state index contributed by atoms with van der Waals surface area (Å²) in [6.07, 6.45) is 4.69. The van der Waals surface area contributed by atoms with Crippen molar-refractivity contribution < 1.29 is 9.53 Å². The largest absolute Gasteiger partial charge is 0.491 e. The molecule has 2 aromatic rings. The molecule has 25 heavy (non-hydrogen) atoms. The number of amides is 2. The van der Waals surface area contributed by atoms with Crippen LogP contribution >= 0.6 is 11.6 Å². The molecular weight excluding hydrogens is 336 g/mol. The van der Waals surface area contributed by atoms with Gasteiger partial charge in [0.25, 0.3) is 0 Å². The van der Waals surface area contributed by atoms with Gasteiger partial charge >= 0.3 is 6.03 Å². The van der Waals surface area contributed by atoms with E-state index < -0.39 is 0 Å². The molecule has 0 saturated carbocycles. The lowest BCUT2D eigenvalue weighted by atomic mass is 9.91. The molecule has 132 valence electrons. The molecule has 0 saturated heterocycles. The van der Waals surface area contributed by atoms with Crippen molar-refractivity contribution in [3.8, 4) is 5.75 Å². The molecule has 2 N–H and O–H groups in total. The van der Waals surface area contributed by atoms with Gasteiger partial charge in [-0.25, -0.2) is 4.79 Å². The molecule has 0 radical (unpaired) electrons. The molecule has 0 unspecified atom stereocenters. The molecule has 2 aromatic carbocycles. The quantitative estimate of drug-likeness (QED) is 0.764. The first-order valence-corrected chi connectivity index (χ1v) is 9.10. The highest BCUT2D eigenvalue weighted by atomic mass is 35.5. The van der Waals surface area contributed by atoms with Gasteiger partial charge in [-0.2, -0.15) is 0 Å². The summed E-state index contributed by atoms with van der Waals surface area (Å²) in [6, 6.07) is 13.5. The Kier molecular flexibility index (Phi) is 6.18. The minimum atomic E-state index is -0.224. The van der Waals surface area contributed by atoms with Crippen molar-refractivity contribution >= 4 is 17.6 Å². The van der Waals surface area contributed by atoms with Gasteiger partial charge < -0.3 is 15.4 Å². The van der Waals surface area contributed by atoms with Crippen molar-refractivity contribution in [3.63, 3.8) is 0 Å². The fourth-order valence-electron chi connectivity index (χ4n) is 3.09. The van der Waals surface area contributed by atoms with E-state index in [1.54, 1.807) is 0 Å². The van der Waals surface area contributed by atoms with E-state index in [9.17, 15) is 4.79 Å². The van der Waals surface area contributed by atoms with Gasteiger partial charge in [-0.05, 0) is 54.5 Å². The van der Waals surface area contributed by atoms with Crippen LogP contribution in [0.2, 0.25) is 5.02 Å². The lowest BCUT2D eigenvalue weighted by Crippen LogP contribution is -2.37. The van der Waals surface area contributed by atoms with Crippen molar-refractivity contribution in [1.29, 1.82) is 0 Å². The smallest absolute Gasteiger partial charge is 0.315 e. The van der Waals surface area contributed by atoms with Crippen LogP contribution in [-0.4, -0.2) is 19.2 Å². The zero-order valence-electron chi connectivity index (χ0n) is 14.2. The average Bonchev–Trinajstić information content (AvgIpc) is 2.64. The number of fused-ring (bicyclic) bond motifs is 1. The number of hydrogen-bond acceptors (Lipinski definition) is 2. The number of rotatable bonds is 6. The maximum atomic E-state index is 11.9. The summed E-state index contributed by atoms with van der Waals surface area (Å²) in [5, 5.41) is 6.26. The normalized spacial score (nSPS) is 13.0. The monoisotopic (exact) mass is 358 g/mol. The molecular formula is C20H23ClN2O2. The summed E-state index contributed by atoms with van der Waals surface area (Å²) in [5.41, 5.74) is 3.62. The van der Waals surface area contributed by atoms with Crippen LogP contribution in [0.1, 0.15) is 29.5 Å². The zero-order valence-corrected chi connectivity index (χ0v) is 14.9. The van der Waals surface area contributed by atoms with Crippen molar-refractivity contribution in [2.24, 2.45) is 0 Å². The predicted octanol–water partition coefficient (Wildman–Crippen LogP) is 4.10. The van der Waals surface area contributed by atoms with Gasteiger partial charge in [0.2, 0.25) is 0 Å². The topological polar surface area (TPSA) is 50.4 Å². The Hall–Kier alpha value is -2.20. The van der Waals surface area contributed by atoms with Crippen molar-refractivity contribution in [1.82, 2.24) is 10.6 Å². The Morgan fingerprint density at radius 3 is 2.76 bits per heavy atom. The Bertz CT molecular complexity index is 733. The number of ether oxygens (including phenoxy) is 1. The lowest BCUT2D eigenvalue weighted by Gasteiger charge is -2.19. The number of benzene rings is 2. The molecule has 0 fully saturated rings. The maximum absolute atomic E-state index is 11.9. The van der Waals surface area contributed by atoms with Gasteiger partial charge in [0.05, 0.1) is 6.54 Å². The second kappa shape index (κ2) is 8.77. The average molecular weight is 359 g/mol. The number of halogens is 1. The molecule has 3 rings (SSSR count). The van der Waals surface area contributed by atoms with Crippen LogP contribution in [0.15, 0.2) is 42.5 Å². The Labute approximate surface area is 153 Å². The molecule has 2 amide bonds. The standard InChI is InChI=1S/C20H23ClN2O2/c21-18-10-4-2-7-16(18)14-23-20(24)22-12-13-25-19-11-5-8-15-6-1-3-9-17(15)19/h2,4-5,7-8,10-11H,1,3,6,9,12-14H2,(H2,22,23,24). The van der Waals surface area contributed by atoms with E-state index in [1.807, 2.05) is 36.4 Å². The van der Waals surface area contributed by atoms with Crippen LogP contribution in [0.25, 0.3) is 0 Å². The first kappa shape index (κ1) is 17.6. The van der Waals surface area contributed by atoms with Crippen molar-refractivity contribution in [2.45, 2.75) is 32.2 Å². The van der Waals surface area contributed by atoms with E-state index in [4.69, 9.17) is 16.3 Å². The molecule has 0 spiro atoms. The molecule has 0 bridgehead atoms. The lowest BCUT2D eigenvalue weighted by molar-refractivity contribution is 0.236. The summed E-state index contributed by atoms with van der Waals surface area (Å²) in [5.74, 6) is 0.954. The van der Waals surface area contributed by atoms with Gasteiger partial charge in [0.1, 0.15) is 12.4 Å². The summed E-state index contributed by atoms with van der Waals surface area (Å²) < 4.78 is 5.87. The SMILES string of the molecule is O=C(NCCOc1cccc2c1CCCC2)NCc1ccccc1Cl. The minimum Gasteiger partial charge on any atom is -0.491 e. The summed E-state index contributed by atoms with van der Waals surface area (Å²) in [7, 11) is 0. The number of hydrogen-bond donors (Lipinski definition) is 2. The predicted molar refractivity (Wildman–Crippen MR) is 100 cm³/mol. The molecule has 0 aliphatic heterocycles. The van der Waals surface area contributed by atoms with E-state index in [-0.39, 0.29) is 6.03 Å². The highest BCUT2D eigenvalue weighted by Crippen LogP contribution is 2.29. The first-order chi connectivity index (χ1) is 12.2. The van der Waals surface area contributed by atoms with Gasteiger partial charge in [-0.1, -0.05) is 41.9 Å². The van der Waals surface area contributed by atoms with Crippen LogP contribution in [0.3, 0.4) is 0 Å². The molecule has 1 aliphatic rings. The number of nitrogens with one attached hydrogen (secondary N) is 2. The van der Waals surface area contributed by atoms with Gasteiger partial charge in [0, 0.05) is 11.6 Å². The number of urea groups is 1. The highest BCUT2D eigenvalue weighted by molar-refractivity contribution is 6.31. The van der Waals surface area contributed by atoms with E-state index in [1.165, 1.54) is 24.0 Å². The van der Waals surface area contributed by atoms with E-state index >= 15 is 0 Å². The van der Waals surface area contributed by atoms with E-state index in [0.29, 0.717) is 24.7 Å². The number of carbonyl (C=O) groups is 1. The molecule has 0 atom stereocenters. The number of aryl methyl sites for hydroxylation is 1. The first-order valence-electron chi connectivity index (χ1n) is 8.73. The fourth-order valence-corrected chi connectivity index (χ4v) is 3.29. The third-order valence-electron chi connectivity index (χ3n) is 4.40. The molecule has 1 aliphatic carbocycles. The zero-order chi connectivity index (χ0) is 17.5. The Balaban J connectivity index is 1.40. The highest BCUT2D eigenvalue weighted by Gasteiger charge is 2.13. The van der Waals surface area contributed by atoms with Crippen molar-refractivity contribution in [2.75, 3.05) is 13.2 Å². The summed E-state index contributed by atoms with van der Waals surface area (Å²) in [4.78, 5) is 11.9. The van der Waals surface area contributed by atoms with Gasteiger partial charge in [-0.15, -0.1) is 0 Å². The molecule has 5 heteroatoms. The minimum absolute atomic E-state index is 0.224. The molecule has 0 heterocycles. The van der Waals surface area contributed by atoms with E-state index in [0.717, 1.165) is 24.2 Å². The third-order valence-corrected chi connectivity index (χ3v) is 4.76. The van der Waals surface area contributed by atoms with Gasteiger partial charge in [0.15, 0.2) is 0 Å². The second-order valence-corrected chi connectivity index (χ2v) is 6.56. The molecule has 4 nitrogen and oxygen atoms in total.